The molecule has 0 amide bonds. The van der Waals surface area contributed by atoms with Gasteiger partial charge in [-0.15, -0.1) is 0 Å². The number of ether oxygens (including phenoxy) is 1. The molecule has 0 heterocycles. The van der Waals surface area contributed by atoms with Crippen LogP contribution < -0.4 is 4.74 Å². The van der Waals surface area contributed by atoms with Crippen LogP contribution in [-0.2, 0) is 4.79 Å². The van der Waals surface area contributed by atoms with E-state index in [1.54, 1.807) is 18.2 Å². The molecule has 1 aromatic carbocycles. The largest absolute Gasteiger partial charge is 0.497 e. The van der Waals surface area contributed by atoms with Gasteiger partial charge in [-0.3, -0.25) is 9.59 Å². The second-order valence-electron chi connectivity index (χ2n) is 3.16. The smallest absolute Gasteiger partial charge is 0.314 e. The first kappa shape index (κ1) is 11.2. The van der Waals surface area contributed by atoms with Gasteiger partial charge < -0.3 is 9.84 Å². The fourth-order valence-electron chi connectivity index (χ4n) is 1.14. The summed E-state index contributed by atoms with van der Waals surface area (Å²) in [6, 6.07) is 6.45. The quantitative estimate of drug-likeness (QED) is 0.603. The lowest BCUT2D eigenvalue weighted by Crippen LogP contribution is -2.20. The second-order valence-corrected chi connectivity index (χ2v) is 3.16. The molecule has 4 heteroatoms. The minimum Gasteiger partial charge on any atom is -0.497 e. The number of hydrogen-bond donors (Lipinski definition) is 1. The topological polar surface area (TPSA) is 63.6 Å². The van der Waals surface area contributed by atoms with Crippen LogP contribution in [0.25, 0.3) is 0 Å². The molecule has 0 fully saturated rings. The van der Waals surface area contributed by atoms with Crippen LogP contribution in [0.15, 0.2) is 24.3 Å². The number of Topliss-reactive ketones (excluding diaryl/α,β-unsaturated/α-hetero) is 1. The van der Waals surface area contributed by atoms with Crippen molar-refractivity contribution in [1.29, 1.82) is 0 Å². The Bertz CT molecular complexity index is 384. The molecule has 4 nitrogen and oxygen atoms in total. The predicted octanol–water partition coefficient (Wildman–Crippen LogP) is 1.60. The summed E-state index contributed by atoms with van der Waals surface area (Å²) < 4.78 is 4.95. The van der Waals surface area contributed by atoms with Crippen LogP contribution in [0.2, 0.25) is 0 Å². The molecule has 1 N–H and O–H groups in total. The van der Waals surface area contributed by atoms with E-state index in [1.165, 1.54) is 20.1 Å². The normalized spacial score (nSPS) is 11.9. The highest BCUT2D eigenvalue weighted by Crippen LogP contribution is 2.16. The molecule has 0 saturated carbocycles. The first-order valence-electron chi connectivity index (χ1n) is 4.47. The van der Waals surface area contributed by atoms with Gasteiger partial charge in [0.2, 0.25) is 0 Å². The number of ketones is 1. The molecular formula is C11H12O4. The molecule has 0 aliphatic carbocycles. The molecule has 1 aromatic rings. The average Bonchev–Trinajstić information content (AvgIpc) is 2.27. The van der Waals surface area contributed by atoms with Gasteiger partial charge in [-0.25, -0.2) is 0 Å². The Morgan fingerprint density at radius 3 is 2.60 bits per heavy atom. The highest BCUT2D eigenvalue weighted by molar-refractivity contribution is 6.07. The van der Waals surface area contributed by atoms with Gasteiger partial charge in [0.25, 0.3) is 0 Å². The highest BCUT2D eigenvalue weighted by Gasteiger charge is 2.21. The van der Waals surface area contributed by atoms with Crippen molar-refractivity contribution in [3.05, 3.63) is 29.8 Å². The molecular weight excluding hydrogens is 196 g/mol. The predicted molar refractivity (Wildman–Crippen MR) is 54.1 cm³/mol. The summed E-state index contributed by atoms with van der Waals surface area (Å²) in [6.45, 7) is 1.37. The van der Waals surface area contributed by atoms with E-state index in [0.717, 1.165) is 0 Å². The van der Waals surface area contributed by atoms with E-state index in [1.807, 2.05) is 0 Å². The lowest BCUT2D eigenvalue weighted by molar-refractivity contribution is -0.139. The van der Waals surface area contributed by atoms with E-state index in [2.05, 4.69) is 0 Å². The summed E-state index contributed by atoms with van der Waals surface area (Å²) in [5, 5.41) is 8.69. The van der Waals surface area contributed by atoms with Gasteiger partial charge in [0.1, 0.15) is 11.7 Å². The van der Waals surface area contributed by atoms with Gasteiger partial charge in [-0.2, -0.15) is 0 Å². The van der Waals surface area contributed by atoms with Crippen LogP contribution in [0.1, 0.15) is 17.3 Å². The molecule has 0 bridgehead atoms. The second kappa shape index (κ2) is 4.59. The lowest BCUT2D eigenvalue weighted by atomic mass is 9.99. The molecule has 0 aliphatic heterocycles. The van der Waals surface area contributed by atoms with E-state index in [9.17, 15) is 9.59 Å². The molecule has 1 unspecified atom stereocenters. The molecule has 0 radical (unpaired) electrons. The summed E-state index contributed by atoms with van der Waals surface area (Å²) in [5.41, 5.74) is 0.351. The number of benzene rings is 1. The van der Waals surface area contributed by atoms with Gasteiger partial charge in [0.15, 0.2) is 5.78 Å². The number of aliphatic carboxylic acids is 1. The van der Waals surface area contributed by atoms with Crippen LogP contribution in [0, 0.1) is 5.92 Å². The third-order valence-electron chi connectivity index (χ3n) is 2.12. The summed E-state index contributed by atoms with van der Waals surface area (Å²) >= 11 is 0. The summed E-state index contributed by atoms with van der Waals surface area (Å²) in [4.78, 5) is 22.2. The van der Waals surface area contributed by atoms with Crippen LogP contribution >= 0.6 is 0 Å². The fraction of sp³-hybridized carbons (Fsp3) is 0.273. The molecule has 1 rings (SSSR count). The van der Waals surface area contributed by atoms with Gasteiger partial charge in [-0.1, -0.05) is 12.1 Å². The van der Waals surface area contributed by atoms with E-state index < -0.39 is 17.7 Å². The van der Waals surface area contributed by atoms with Crippen LogP contribution in [-0.4, -0.2) is 24.0 Å². The summed E-state index contributed by atoms with van der Waals surface area (Å²) in [6.07, 6.45) is 0. The van der Waals surface area contributed by atoms with E-state index in [0.29, 0.717) is 11.3 Å². The number of hydrogen-bond acceptors (Lipinski definition) is 3. The first-order chi connectivity index (χ1) is 7.06. The van der Waals surface area contributed by atoms with Gasteiger partial charge >= 0.3 is 5.97 Å². The lowest BCUT2D eigenvalue weighted by Gasteiger charge is -2.06. The van der Waals surface area contributed by atoms with Crippen LogP contribution in [0.3, 0.4) is 0 Å². The number of carboxylic acids is 1. The van der Waals surface area contributed by atoms with Crippen molar-refractivity contribution in [1.82, 2.24) is 0 Å². The average molecular weight is 208 g/mol. The van der Waals surface area contributed by atoms with Crippen LogP contribution in [0.4, 0.5) is 0 Å². The minimum absolute atomic E-state index is 0.351. The Labute approximate surface area is 87.5 Å². The Kier molecular flexibility index (Phi) is 3.44. The maximum Gasteiger partial charge on any atom is 0.314 e. The van der Waals surface area contributed by atoms with Crippen molar-refractivity contribution in [2.24, 2.45) is 5.92 Å². The zero-order valence-corrected chi connectivity index (χ0v) is 8.56. The summed E-state index contributed by atoms with van der Waals surface area (Å²) in [7, 11) is 1.49. The SMILES string of the molecule is COc1cccc(C(=O)C(C)C(=O)O)c1. The summed E-state index contributed by atoms with van der Waals surface area (Å²) in [5.74, 6) is -2.03. The Morgan fingerprint density at radius 2 is 2.07 bits per heavy atom. The minimum atomic E-state index is -1.12. The Balaban J connectivity index is 2.96. The molecule has 0 aliphatic rings. The zero-order valence-electron chi connectivity index (χ0n) is 8.56. The molecule has 15 heavy (non-hydrogen) atoms. The molecule has 0 saturated heterocycles. The van der Waals surface area contributed by atoms with Crippen molar-refractivity contribution in [2.45, 2.75) is 6.92 Å². The maximum atomic E-state index is 11.6. The maximum absolute atomic E-state index is 11.6. The first-order valence-corrected chi connectivity index (χ1v) is 4.47. The van der Waals surface area contributed by atoms with Crippen molar-refractivity contribution < 1.29 is 19.4 Å². The van der Waals surface area contributed by atoms with Crippen molar-refractivity contribution in [3.63, 3.8) is 0 Å². The van der Waals surface area contributed by atoms with E-state index in [-0.39, 0.29) is 0 Å². The standard InChI is InChI=1S/C11H12O4/c1-7(11(13)14)10(12)8-4-3-5-9(6-8)15-2/h3-7H,1-2H3,(H,13,14). The van der Waals surface area contributed by atoms with E-state index >= 15 is 0 Å². The molecule has 80 valence electrons. The van der Waals surface area contributed by atoms with Gasteiger partial charge in [-0.05, 0) is 19.1 Å². The fourth-order valence-corrected chi connectivity index (χ4v) is 1.14. The number of carbonyl (C=O) groups is 2. The Morgan fingerprint density at radius 1 is 1.40 bits per heavy atom. The third kappa shape index (κ3) is 2.56. The molecule has 0 aromatic heterocycles. The van der Waals surface area contributed by atoms with E-state index in [4.69, 9.17) is 9.84 Å². The number of carboxylic acid groups (broad SMARTS) is 1. The number of methoxy groups -OCH3 is 1. The van der Waals surface area contributed by atoms with Crippen molar-refractivity contribution in [2.75, 3.05) is 7.11 Å². The van der Waals surface area contributed by atoms with Gasteiger partial charge in [0, 0.05) is 5.56 Å². The third-order valence-corrected chi connectivity index (χ3v) is 2.12. The van der Waals surface area contributed by atoms with Crippen molar-refractivity contribution in [3.8, 4) is 5.75 Å². The van der Waals surface area contributed by atoms with Crippen molar-refractivity contribution >= 4 is 11.8 Å². The molecule has 0 spiro atoms. The highest BCUT2D eigenvalue weighted by atomic mass is 16.5. The zero-order chi connectivity index (χ0) is 11.4. The monoisotopic (exact) mass is 208 g/mol. The van der Waals surface area contributed by atoms with Crippen LogP contribution in [0.5, 0.6) is 5.75 Å². The number of rotatable bonds is 4. The Hall–Kier alpha value is -1.84. The molecule has 1 atom stereocenters. The van der Waals surface area contributed by atoms with Gasteiger partial charge in [0.05, 0.1) is 7.11 Å². The number of carbonyl (C=O) groups excluding carboxylic acids is 1.